The van der Waals surface area contributed by atoms with Crippen LogP contribution in [0.15, 0.2) is 71.9 Å². The number of rotatable bonds is 4. The van der Waals surface area contributed by atoms with Gasteiger partial charge in [-0.05, 0) is 42.0 Å². The predicted octanol–water partition coefficient (Wildman–Crippen LogP) is 2.68. The van der Waals surface area contributed by atoms with Gasteiger partial charge in [0.25, 0.3) is 11.5 Å². The third-order valence-corrected chi connectivity index (χ3v) is 3.43. The molecule has 6 heteroatoms. The van der Waals surface area contributed by atoms with Crippen molar-refractivity contribution in [3.8, 4) is 0 Å². The number of hydrogen-bond acceptors (Lipinski definition) is 3. The van der Waals surface area contributed by atoms with Crippen molar-refractivity contribution in [2.45, 2.75) is 6.54 Å². The summed E-state index contributed by atoms with van der Waals surface area (Å²) in [6.45, 7) is 0.185. The Morgan fingerprint density at radius 1 is 1.17 bits per heavy atom. The van der Waals surface area contributed by atoms with Gasteiger partial charge in [0, 0.05) is 12.4 Å². The maximum atomic E-state index is 13.3. The Morgan fingerprint density at radius 3 is 2.79 bits per heavy atom. The number of carbonyl (C=O) groups excluding carboxylic acids is 1. The molecular formula is C18H14FN3O2. The summed E-state index contributed by atoms with van der Waals surface area (Å²) in [5.41, 5.74) is 0.713. The van der Waals surface area contributed by atoms with Crippen LogP contribution in [-0.2, 0) is 6.54 Å². The highest BCUT2D eigenvalue weighted by molar-refractivity contribution is 6.03. The Balaban J connectivity index is 1.85. The van der Waals surface area contributed by atoms with Crippen molar-refractivity contribution < 1.29 is 9.18 Å². The molecule has 1 amide bonds. The quantitative estimate of drug-likeness (QED) is 0.803. The number of nitrogens with zero attached hydrogens (tertiary/aromatic N) is 2. The van der Waals surface area contributed by atoms with Gasteiger partial charge in [-0.3, -0.25) is 14.6 Å². The number of carbonyl (C=O) groups is 1. The molecule has 0 fully saturated rings. The minimum absolute atomic E-state index is 0.0118. The Bertz CT molecular complexity index is 923. The molecule has 1 N–H and O–H groups in total. The van der Waals surface area contributed by atoms with E-state index in [-0.39, 0.29) is 17.9 Å². The standard InChI is InChI=1S/C18H14FN3O2/c19-14-5-1-4-13(10-14)12-22-9-3-7-16(18(22)24)17(23)21-15-6-2-8-20-11-15/h1-11H,12H2,(H,21,23). The van der Waals surface area contributed by atoms with Gasteiger partial charge in [0.15, 0.2) is 0 Å². The topological polar surface area (TPSA) is 64.0 Å². The Kier molecular flexibility index (Phi) is 4.47. The van der Waals surface area contributed by atoms with E-state index in [9.17, 15) is 14.0 Å². The molecule has 24 heavy (non-hydrogen) atoms. The van der Waals surface area contributed by atoms with Crippen LogP contribution in [0.4, 0.5) is 10.1 Å². The molecule has 0 atom stereocenters. The predicted molar refractivity (Wildman–Crippen MR) is 88.4 cm³/mol. The van der Waals surface area contributed by atoms with Crippen LogP contribution in [0.25, 0.3) is 0 Å². The number of amides is 1. The average Bonchev–Trinajstić information content (AvgIpc) is 2.58. The molecular weight excluding hydrogens is 309 g/mol. The molecule has 1 aromatic carbocycles. The maximum absolute atomic E-state index is 13.3. The molecule has 0 saturated heterocycles. The number of aromatic nitrogens is 2. The lowest BCUT2D eigenvalue weighted by atomic mass is 10.2. The zero-order valence-electron chi connectivity index (χ0n) is 12.6. The fourth-order valence-electron chi connectivity index (χ4n) is 2.30. The van der Waals surface area contributed by atoms with Crippen LogP contribution in [0.1, 0.15) is 15.9 Å². The highest BCUT2D eigenvalue weighted by atomic mass is 19.1. The normalized spacial score (nSPS) is 10.4. The Morgan fingerprint density at radius 2 is 2.04 bits per heavy atom. The van der Waals surface area contributed by atoms with E-state index < -0.39 is 11.5 Å². The lowest BCUT2D eigenvalue weighted by molar-refractivity contribution is 0.102. The maximum Gasteiger partial charge on any atom is 0.263 e. The number of nitrogens with one attached hydrogen (secondary N) is 1. The summed E-state index contributed by atoms with van der Waals surface area (Å²) in [5.74, 6) is -0.882. The van der Waals surface area contributed by atoms with Crippen LogP contribution in [0.2, 0.25) is 0 Å². The van der Waals surface area contributed by atoms with Gasteiger partial charge in [-0.25, -0.2) is 4.39 Å². The van der Waals surface area contributed by atoms with Crippen molar-refractivity contribution in [3.63, 3.8) is 0 Å². The highest BCUT2D eigenvalue weighted by Crippen LogP contribution is 2.07. The van der Waals surface area contributed by atoms with E-state index in [1.54, 1.807) is 42.7 Å². The van der Waals surface area contributed by atoms with Gasteiger partial charge in [-0.2, -0.15) is 0 Å². The molecule has 2 heterocycles. The smallest absolute Gasteiger partial charge is 0.263 e. The van der Waals surface area contributed by atoms with Crippen LogP contribution >= 0.6 is 0 Å². The molecule has 3 aromatic rings. The summed E-state index contributed by atoms with van der Waals surface area (Å²) in [6.07, 6.45) is 4.64. The zero-order valence-corrected chi connectivity index (χ0v) is 12.6. The summed E-state index contributed by atoms with van der Waals surface area (Å²) >= 11 is 0. The molecule has 0 aliphatic carbocycles. The van der Waals surface area contributed by atoms with Crippen LogP contribution in [0.5, 0.6) is 0 Å². The van der Waals surface area contributed by atoms with Crippen molar-refractivity contribution in [1.29, 1.82) is 0 Å². The van der Waals surface area contributed by atoms with Crippen molar-refractivity contribution in [2.24, 2.45) is 0 Å². The first-order valence-electron chi connectivity index (χ1n) is 7.29. The van der Waals surface area contributed by atoms with Gasteiger partial charge in [0.05, 0.1) is 18.4 Å². The van der Waals surface area contributed by atoms with Gasteiger partial charge in [-0.1, -0.05) is 12.1 Å². The Labute approximate surface area is 137 Å². The van der Waals surface area contributed by atoms with Crippen LogP contribution in [0, 0.1) is 5.82 Å². The molecule has 0 bridgehead atoms. The minimum Gasteiger partial charge on any atom is -0.320 e. The summed E-state index contributed by atoms with van der Waals surface area (Å²) in [7, 11) is 0. The summed E-state index contributed by atoms with van der Waals surface area (Å²) in [6, 6.07) is 12.4. The Hall–Kier alpha value is -3.28. The van der Waals surface area contributed by atoms with E-state index in [4.69, 9.17) is 0 Å². The first kappa shape index (κ1) is 15.6. The number of halogens is 1. The fourth-order valence-corrected chi connectivity index (χ4v) is 2.30. The summed E-state index contributed by atoms with van der Waals surface area (Å²) in [5, 5.41) is 2.62. The minimum atomic E-state index is -0.512. The van der Waals surface area contributed by atoms with Gasteiger partial charge in [0.2, 0.25) is 0 Å². The van der Waals surface area contributed by atoms with Gasteiger partial charge >= 0.3 is 0 Å². The van der Waals surface area contributed by atoms with E-state index in [0.29, 0.717) is 11.3 Å². The lowest BCUT2D eigenvalue weighted by Crippen LogP contribution is -2.29. The van der Waals surface area contributed by atoms with E-state index in [1.807, 2.05) is 0 Å². The first-order chi connectivity index (χ1) is 11.6. The van der Waals surface area contributed by atoms with Crippen molar-refractivity contribution in [3.05, 3.63) is 94.4 Å². The molecule has 5 nitrogen and oxygen atoms in total. The first-order valence-corrected chi connectivity index (χ1v) is 7.29. The lowest BCUT2D eigenvalue weighted by Gasteiger charge is -2.09. The summed E-state index contributed by atoms with van der Waals surface area (Å²) < 4.78 is 14.6. The van der Waals surface area contributed by atoms with E-state index in [0.717, 1.165) is 0 Å². The summed E-state index contributed by atoms with van der Waals surface area (Å²) in [4.78, 5) is 28.7. The average molecular weight is 323 g/mol. The molecule has 0 spiro atoms. The zero-order chi connectivity index (χ0) is 16.9. The number of pyridine rings is 2. The molecule has 0 aliphatic rings. The van der Waals surface area contributed by atoms with Gasteiger partial charge in [0.1, 0.15) is 11.4 Å². The second kappa shape index (κ2) is 6.87. The van der Waals surface area contributed by atoms with Gasteiger partial charge < -0.3 is 9.88 Å². The number of anilines is 1. The highest BCUT2D eigenvalue weighted by Gasteiger charge is 2.12. The monoisotopic (exact) mass is 323 g/mol. The second-order valence-corrected chi connectivity index (χ2v) is 5.18. The van der Waals surface area contributed by atoms with Crippen LogP contribution in [0.3, 0.4) is 0 Å². The molecule has 2 aromatic heterocycles. The largest absolute Gasteiger partial charge is 0.320 e. The van der Waals surface area contributed by atoms with E-state index >= 15 is 0 Å². The molecule has 120 valence electrons. The van der Waals surface area contributed by atoms with Crippen molar-refractivity contribution in [2.75, 3.05) is 5.32 Å². The van der Waals surface area contributed by atoms with Crippen molar-refractivity contribution in [1.82, 2.24) is 9.55 Å². The molecule has 0 unspecified atom stereocenters. The molecule has 3 rings (SSSR count). The molecule has 0 aliphatic heterocycles. The van der Waals surface area contributed by atoms with E-state index in [1.165, 1.54) is 29.0 Å². The third kappa shape index (κ3) is 3.55. The second-order valence-electron chi connectivity index (χ2n) is 5.18. The van der Waals surface area contributed by atoms with E-state index in [2.05, 4.69) is 10.3 Å². The van der Waals surface area contributed by atoms with Crippen LogP contribution < -0.4 is 10.9 Å². The van der Waals surface area contributed by atoms with Crippen LogP contribution in [-0.4, -0.2) is 15.5 Å². The molecule has 0 saturated carbocycles. The number of hydrogen-bond donors (Lipinski definition) is 1. The molecule has 0 radical (unpaired) electrons. The van der Waals surface area contributed by atoms with Gasteiger partial charge in [-0.15, -0.1) is 0 Å². The SMILES string of the molecule is O=C(Nc1cccnc1)c1cccn(Cc2cccc(F)c2)c1=O. The van der Waals surface area contributed by atoms with Crippen molar-refractivity contribution >= 4 is 11.6 Å². The fraction of sp³-hybridized carbons (Fsp3) is 0.0556. The third-order valence-electron chi connectivity index (χ3n) is 3.43. The number of benzene rings is 1.